The first-order valence-corrected chi connectivity index (χ1v) is 7.22. The van der Waals surface area contributed by atoms with Crippen LogP contribution in [0.2, 0.25) is 0 Å². The molecule has 1 aliphatic carbocycles. The third-order valence-corrected chi connectivity index (χ3v) is 4.64. The standard InChI is InChI=1S/C16H22F3N/c1-10-7-8-15(11(10)2)20-12(3)13-5-4-6-14(9-13)16(17,18)19/h4-6,9-12,15,20H,7-8H2,1-3H3. The summed E-state index contributed by atoms with van der Waals surface area (Å²) < 4.78 is 38.2. The van der Waals surface area contributed by atoms with Crippen LogP contribution in [0.5, 0.6) is 0 Å². The van der Waals surface area contributed by atoms with Crippen molar-refractivity contribution >= 4 is 0 Å². The maximum atomic E-state index is 12.7. The summed E-state index contributed by atoms with van der Waals surface area (Å²) in [5.74, 6) is 1.25. The van der Waals surface area contributed by atoms with Crippen LogP contribution in [-0.4, -0.2) is 6.04 Å². The van der Waals surface area contributed by atoms with Crippen LogP contribution in [0.15, 0.2) is 24.3 Å². The van der Waals surface area contributed by atoms with E-state index in [4.69, 9.17) is 0 Å². The van der Waals surface area contributed by atoms with Crippen molar-refractivity contribution in [2.45, 2.75) is 51.9 Å². The Bertz CT molecular complexity index is 455. The summed E-state index contributed by atoms with van der Waals surface area (Å²) in [4.78, 5) is 0. The summed E-state index contributed by atoms with van der Waals surface area (Å²) in [6.07, 6.45) is -1.98. The monoisotopic (exact) mass is 285 g/mol. The molecule has 112 valence electrons. The molecule has 0 amide bonds. The van der Waals surface area contributed by atoms with Crippen molar-refractivity contribution in [2.24, 2.45) is 11.8 Å². The van der Waals surface area contributed by atoms with Gasteiger partial charge in [0.1, 0.15) is 0 Å². The van der Waals surface area contributed by atoms with E-state index in [1.165, 1.54) is 18.6 Å². The molecule has 4 atom stereocenters. The van der Waals surface area contributed by atoms with Crippen molar-refractivity contribution in [3.8, 4) is 0 Å². The topological polar surface area (TPSA) is 12.0 Å². The van der Waals surface area contributed by atoms with Crippen molar-refractivity contribution in [1.82, 2.24) is 5.32 Å². The largest absolute Gasteiger partial charge is 0.416 e. The van der Waals surface area contributed by atoms with Gasteiger partial charge in [0.25, 0.3) is 0 Å². The van der Waals surface area contributed by atoms with E-state index in [9.17, 15) is 13.2 Å². The number of hydrogen-bond donors (Lipinski definition) is 1. The maximum Gasteiger partial charge on any atom is 0.416 e. The van der Waals surface area contributed by atoms with E-state index >= 15 is 0 Å². The third-order valence-electron chi connectivity index (χ3n) is 4.64. The lowest BCUT2D eigenvalue weighted by molar-refractivity contribution is -0.137. The Morgan fingerprint density at radius 1 is 1.20 bits per heavy atom. The molecule has 20 heavy (non-hydrogen) atoms. The molecule has 1 fully saturated rings. The molecule has 0 saturated heterocycles. The predicted octanol–water partition coefficient (Wildman–Crippen LogP) is 4.79. The Kier molecular flexibility index (Phi) is 4.43. The van der Waals surface area contributed by atoms with Crippen molar-refractivity contribution < 1.29 is 13.2 Å². The van der Waals surface area contributed by atoms with Gasteiger partial charge >= 0.3 is 6.18 Å². The highest BCUT2D eigenvalue weighted by Gasteiger charge is 2.32. The van der Waals surface area contributed by atoms with Gasteiger partial charge in [-0.3, -0.25) is 0 Å². The fourth-order valence-corrected chi connectivity index (χ4v) is 3.00. The smallest absolute Gasteiger partial charge is 0.307 e. The van der Waals surface area contributed by atoms with Crippen LogP contribution in [0, 0.1) is 11.8 Å². The van der Waals surface area contributed by atoms with Gasteiger partial charge < -0.3 is 5.32 Å². The van der Waals surface area contributed by atoms with Gasteiger partial charge in [0.05, 0.1) is 5.56 Å². The molecular formula is C16H22F3N. The fourth-order valence-electron chi connectivity index (χ4n) is 3.00. The first-order chi connectivity index (χ1) is 9.29. The molecule has 1 N–H and O–H groups in total. The molecule has 0 radical (unpaired) electrons. The van der Waals surface area contributed by atoms with E-state index in [1.807, 2.05) is 6.92 Å². The van der Waals surface area contributed by atoms with Gasteiger partial charge in [-0.05, 0) is 49.3 Å². The predicted molar refractivity (Wildman–Crippen MR) is 74.3 cm³/mol. The summed E-state index contributed by atoms with van der Waals surface area (Å²) in [6, 6.07) is 5.95. The molecule has 1 nitrogen and oxygen atoms in total. The van der Waals surface area contributed by atoms with E-state index in [-0.39, 0.29) is 6.04 Å². The molecule has 4 unspecified atom stereocenters. The second kappa shape index (κ2) is 5.76. The second-order valence-corrected chi connectivity index (χ2v) is 6.03. The number of nitrogens with one attached hydrogen (secondary N) is 1. The molecule has 0 aliphatic heterocycles. The van der Waals surface area contributed by atoms with E-state index in [0.29, 0.717) is 23.4 Å². The van der Waals surface area contributed by atoms with Crippen LogP contribution in [0.4, 0.5) is 13.2 Å². The minimum absolute atomic E-state index is 0.0601. The molecule has 1 aliphatic rings. The van der Waals surface area contributed by atoms with Gasteiger partial charge in [-0.1, -0.05) is 26.0 Å². The van der Waals surface area contributed by atoms with E-state index in [2.05, 4.69) is 19.2 Å². The molecule has 1 aromatic carbocycles. The van der Waals surface area contributed by atoms with Crippen LogP contribution in [0.3, 0.4) is 0 Å². The molecule has 2 rings (SSSR count). The SMILES string of the molecule is CC(NC1CCC(C)C1C)c1cccc(C(F)(F)F)c1. The number of alkyl halides is 3. The zero-order chi connectivity index (χ0) is 14.9. The van der Waals surface area contributed by atoms with Crippen LogP contribution in [-0.2, 0) is 6.18 Å². The average molecular weight is 285 g/mol. The van der Waals surface area contributed by atoms with Crippen molar-refractivity contribution in [3.05, 3.63) is 35.4 Å². The van der Waals surface area contributed by atoms with Crippen LogP contribution in [0.1, 0.15) is 50.8 Å². The van der Waals surface area contributed by atoms with Crippen LogP contribution in [0.25, 0.3) is 0 Å². The quantitative estimate of drug-likeness (QED) is 0.842. The highest BCUT2D eigenvalue weighted by atomic mass is 19.4. The molecular weight excluding hydrogens is 263 g/mol. The van der Waals surface area contributed by atoms with Gasteiger partial charge in [-0.25, -0.2) is 0 Å². The Labute approximate surface area is 118 Å². The molecule has 0 bridgehead atoms. The maximum absolute atomic E-state index is 12.7. The molecule has 1 aromatic rings. The molecule has 0 spiro atoms. The molecule has 0 heterocycles. The Morgan fingerprint density at radius 2 is 1.90 bits per heavy atom. The van der Waals surface area contributed by atoms with Gasteiger partial charge in [0.2, 0.25) is 0 Å². The van der Waals surface area contributed by atoms with Gasteiger partial charge in [0.15, 0.2) is 0 Å². The zero-order valence-corrected chi connectivity index (χ0v) is 12.2. The first-order valence-electron chi connectivity index (χ1n) is 7.22. The third kappa shape index (κ3) is 3.35. The Balaban J connectivity index is 2.08. The minimum Gasteiger partial charge on any atom is -0.307 e. The van der Waals surface area contributed by atoms with E-state index in [0.717, 1.165) is 12.5 Å². The lowest BCUT2D eigenvalue weighted by atomic mass is 9.96. The summed E-state index contributed by atoms with van der Waals surface area (Å²) >= 11 is 0. The average Bonchev–Trinajstić information content (AvgIpc) is 2.70. The summed E-state index contributed by atoms with van der Waals surface area (Å²) in [5.41, 5.74) is 0.128. The van der Waals surface area contributed by atoms with Crippen molar-refractivity contribution in [3.63, 3.8) is 0 Å². The lowest BCUT2D eigenvalue weighted by Crippen LogP contribution is -2.34. The molecule has 4 heteroatoms. The molecule has 1 saturated carbocycles. The van der Waals surface area contributed by atoms with Gasteiger partial charge in [0, 0.05) is 12.1 Å². The van der Waals surface area contributed by atoms with E-state index < -0.39 is 11.7 Å². The minimum atomic E-state index is -4.27. The van der Waals surface area contributed by atoms with E-state index in [1.54, 1.807) is 6.07 Å². The van der Waals surface area contributed by atoms with Crippen LogP contribution < -0.4 is 5.32 Å². The molecule has 0 aromatic heterocycles. The summed E-state index contributed by atoms with van der Waals surface area (Å²) in [6.45, 7) is 6.39. The van der Waals surface area contributed by atoms with Crippen molar-refractivity contribution in [1.29, 1.82) is 0 Å². The number of hydrogen-bond acceptors (Lipinski definition) is 1. The van der Waals surface area contributed by atoms with Crippen molar-refractivity contribution in [2.75, 3.05) is 0 Å². The Morgan fingerprint density at radius 3 is 2.45 bits per heavy atom. The lowest BCUT2D eigenvalue weighted by Gasteiger charge is -2.25. The normalized spacial score (nSPS) is 28.6. The highest BCUT2D eigenvalue weighted by Crippen LogP contribution is 2.34. The number of rotatable bonds is 3. The summed E-state index contributed by atoms with van der Waals surface area (Å²) in [5, 5.41) is 3.49. The Hall–Kier alpha value is -1.03. The van der Waals surface area contributed by atoms with Gasteiger partial charge in [-0.2, -0.15) is 13.2 Å². The zero-order valence-electron chi connectivity index (χ0n) is 12.2. The first kappa shape index (κ1) is 15.4. The summed E-state index contributed by atoms with van der Waals surface area (Å²) in [7, 11) is 0. The number of benzene rings is 1. The number of halogens is 3. The van der Waals surface area contributed by atoms with Crippen LogP contribution >= 0.6 is 0 Å². The second-order valence-electron chi connectivity index (χ2n) is 6.03. The van der Waals surface area contributed by atoms with Gasteiger partial charge in [-0.15, -0.1) is 0 Å². The fraction of sp³-hybridized carbons (Fsp3) is 0.625. The highest BCUT2D eigenvalue weighted by molar-refractivity contribution is 5.27.